The molecule has 1 aromatic rings. The Labute approximate surface area is 124 Å². The number of halogens is 1. The Morgan fingerprint density at radius 1 is 1.25 bits per heavy atom. The highest BCUT2D eigenvalue weighted by Crippen LogP contribution is 2.32. The topological polar surface area (TPSA) is 38.3 Å². The molecule has 2 aliphatic heterocycles. The van der Waals surface area contributed by atoms with Crippen LogP contribution in [0.1, 0.15) is 37.7 Å². The molecule has 0 radical (unpaired) electrons. The molecule has 108 valence electrons. The van der Waals surface area contributed by atoms with Gasteiger partial charge in [-0.25, -0.2) is 0 Å². The van der Waals surface area contributed by atoms with E-state index < -0.39 is 0 Å². The Morgan fingerprint density at radius 3 is 2.65 bits per heavy atom. The third-order valence-corrected chi connectivity index (χ3v) is 4.74. The van der Waals surface area contributed by atoms with Crippen LogP contribution in [0, 0.1) is 5.92 Å². The van der Waals surface area contributed by atoms with Crippen molar-refractivity contribution in [3.05, 3.63) is 34.9 Å². The van der Waals surface area contributed by atoms with Gasteiger partial charge in [0.25, 0.3) is 0 Å². The van der Waals surface area contributed by atoms with Crippen molar-refractivity contribution in [3.8, 4) is 0 Å². The minimum absolute atomic E-state index is 0.101. The fourth-order valence-corrected chi connectivity index (χ4v) is 3.60. The molecule has 0 saturated carbocycles. The number of fused-ring (bicyclic) bond motifs is 2. The predicted molar refractivity (Wildman–Crippen MR) is 78.5 cm³/mol. The van der Waals surface area contributed by atoms with Gasteiger partial charge in [-0.3, -0.25) is 4.79 Å². The zero-order valence-corrected chi connectivity index (χ0v) is 12.2. The summed E-state index contributed by atoms with van der Waals surface area (Å²) < 4.78 is 5.36. The lowest BCUT2D eigenvalue weighted by Gasteiger charge is -2.28. The van der Waals surface area contributed by atoms with Crippen molar-refractivity contribution in [2.45, 2.75) is 50.8 Å². The molecule has 3 nitrogen and oxygen atoms in total. The van der Waals surface area contributed by atoms with Gasteiger partial charge in [0.05, 0.1) is 0 Å². The second-order valence-corrected chi connectivity index (χ2v) is 6.34. The van der Waals surface area contributed by atoms with Crippen molar-refractivity contribution < 1.29 is 9.53 Å². The maximum absolute atomic E-state index is 11.9. The lowest BCUT2D eigenvalue weighted by molar-refractivity contribution is -0.146. The maximum Gasteiger partial charge on any atom is 0.306 e. The molecule has 4 heteroatoms. The number of carbonyl (C=O) groups excluding carboxylic acids is 1. The second kappa shape index (κ2) is 6.15. The van der Waals surface area contributed by atoms with E-state index in [0.717, 1.165) is 18.4 Å². The van der Waals surface area contributed by atoms with Gasteiger partial charge in [0.1, 0.15) is 6.61 Å². The minimum Gasteiger partial charge on any atom is -0.461 e. The molecule has 0 aromatic heterocycles. The van der Waals surface area contributed by atoms with E-state index in [1.165, 1.54) is 12.8 Å². The number of hydrogen-bond acceptors (Lipinski definition) is 3. The number of ether oxygens (including phenoxy) is 1. The van der Waals surface area contributed by atoms with Gasteiger partial charge in [-0.1, -0.05) is 29.8 Å². The van der Waals surface area contributed by atoms with Gasteiger partial charge in [0.2, 0.25) is 0 Å². The summed E-state index contributed by atoms with van der Waals surface area (Å²) in [4.78, 5) is 11.9. The van der Waals surface area contributed by atoms with Crippen LogP contribution in [-0.2, 0) is 16.1 Å². The predicted octanol–water partition coefficient (Wildman–Crippen LogP) is 3.30. The lowest BCUT2D eigenvalue weighted by atomic mass is 9.90. The third kappa shape index (κ3) is 3.33. The zero-order valence-electron chi connectivity index (χ0n) is 11.5. The molecule has 2 saturated heterocycles. The van der Waals surface area contributed by atoms with E-state index in [0.29, 0.717) is 29.4 Å². The summed E-state index contributed by atoms with van der Waals surface area (Å²) in [6.45, 7) is 0.274. The largest absolute Gasteiger partial charge is 0.461 e. The van der Waals surface area contributed by atoms with Crippen LogP contribution in [0.3, 0.4) is 0 Å². The number of esters is 1. The molecular weight excluding hydrogens is 274 g/mol. The van der Waals surface area contributed by atoms with E-state index in [1.54, 1.807) is 0 Å². The van der Waals surface area contributed by atoms with Gasteiger partial charge in [-0.2, -0.15) is 0 Å². The first-order valence-corrected chi connectivity index (χ1v) is 7.73. The number of carbonyl (C=O) groups is 1. The SMILES string of the molecule is O=C(CC1CC2CCC(C1)N2)OCc1ccccc1Cl. The quantitative estimate of drug-likeness (QED) is 0.866. The van der Waals surface area contributed by atoms with E-state index in [9.17, 15) is 4.79 Å². The molecule has 0 spiro atoms. The summed E-state index contributed by atoms with van der Waals surface area (Å²) in [5.41, 5.74) is 0.868. The molecule has 2 bridgehead atoms. The van der Waals surface area contributed by atoms with Crippen LogP contribution in [-0.4, -0.2) is 18.1 Å². The number of hydrogen-bond donors (Lipinski definition) is 1. The molecule has 1 N–H and O–H groups in total. The van der Waals surface area contributed by atoms with Crippen LogP contribution < -0.4 is 5.32 Å². The summed E-state index contributed by atoms with van der Waals surface area (Å²) in [6, 6.07) is 8.72. The van der Waals surface area contributed by atoms with Gasteiger partial charge in [0.15, 0.2) is 0 Å². The summed E-state index contributed by atoms with van der Waals surface area (Å²) in [5, 5.41) is 4.24. The molecule has 0 aliphatic carbocycles. The highest BCUT2D eigenvalue weighted by atomic mass is 35.5. The van der Waals surface area contributed by atoms with E-state index in [-0.39, 0.29) is 12.6 Å². The summed E-state index contributed by atoms with van der Waals surface area (Å²) in [5.74, 6) is 0.378. The van der Waals surface area contributed by atoms with Crippen molar-refractivity contribution in [1.29, 1.82) is 0 Å². The molecule has 2 unspecified atom stereocenters. The summed E-state index contributed by atoms with van der Waals surface area (Å²) in [7, 11) is 0. The number of nitrogens with one attached hydrogen (secondary N) is 1. The van der Waals surface area contributed by atoms with Crippen LogP contribution in [0.4, 0.5) is 0 Å². The van der Waals surface area contributed by atoms with Crippen LogP contribution in [0.25, 0.3) is 0 Å². The maximum atomic E-state index is 11.9. The first-order chi connectivity index (χ1) is 9.70. The van der Waals surface area contributed by atoms with Crippen molar-refractivity contribution in [3.63, 3.8) is 0 Å². The molecule has 3 rings (SSSR count). The van der Waals surface area contributed by atoms with Crippen LogP contribution in [0.15, 0.2) is 24.3 Å². The van der Waals surface area contributed by atoms with Crippen LogP contribution in [0.2, 0.25) is 5.02 Å². The van der Waals surface area contributed by atoms with Crippen LogP contribution in [0.5, 0.6) is 0 Å². The second-order valence-electron chi connectivity index (χ2n) is 5.93. The standard InChI is InChI=1S/C16H20ClNO2/c17-15-4-2-1-3-12(15)10-20-16(19)9-11-7-13-5-6-14(8-11)18-13/h1-4,11,13-14,18H,5-10H2. The molecule has 2 atom stereocenters. The fraction of sp³-hybridized carbons (Fsp3) is 0.562. The van der Waals surface area contributed by atoms with E-state index in [4.69, 9.17) is 16.3 Å². The molecule has 2 fully saturated rings. The Hall–Kier alpha value is -1.06. The van der Waals surface area contributed by atoms with Gasteiger partial charge in [0, 0.05) is 29.1 Å². The smallest absolute Gasteiger partial charge is 0.306 e. The monoisotopic (exact) mass is 293 g/mol. The van der Waals surface area contributed by atoms with E-state index in [2.05, 4.69) is 5.32 Å². The Balaban J connectivity index is 1.47. The van der Waals surface area contributed by atoms with Crippen molar-refractivity contribution in [2.75, 3.05) is 0 Å². The zero-order chi connectivity index (χ0) is 13.9. The van der Waals surface area contributed by atoms with Gasteiger partial charge in [-0.15, -0.1) is 0 Å². The number of piperidine rings is 1. The van der Waals surface area contributed by atoms with Crippen molar-refractivity contribution in [1.82, 2.24) is 5.32 Å². The summed E-state index contributed by atoms with van der Waals surface area (Å²) in [6.07, 6.45) is 5.28. The highest BCUT2D eigenvalue weighted by molar-refractivity contribution is 6.31. The normalized spacial score (nSPS) is 28.4. The fourth-order valence-electron chi connectivity index (χ4n) is 3.41. The van der Waals surface area contributed by atoms with Gasteiger partial charge < -0.3 is 10.1 Å². The molecule has 0 amide bonds. The molecule has 2 heterocycles. The van der Waals surface area contributed by atoms with Gasteiger partial charge in [-0.05, 0) is 37.7 Å². The first-order valence-electron chi connectivity index (χ1n) is 7.36. The highest BCUT2D eigenvalue weighted by Gasteiger charge is 2.34. The first kappa shape index (κ1) is 13.9. The van der Waals surface area contributed by atoms with Crippen LogP contribution >= 0.6 is 11.6 Å². The van der Waals surface area contributed by atoms with Crippen molar-refractivity contribution >= 4 is 17.6 Å². The third-order valence-electron chi connectivity index (χ3n) is 4.37. The molecular formula is C16H20ClNO2. The number of benzene rings is 1. The van der Waals surface area contributed by atoms with E-state index in [1.807, 2.05) is 24.3 Å². The minimum atomic E-state index is -0.101. The average molecular weight is 294 g/mol. The molecule has 20 heavy (non-hydrogen) atoms. The lowest BCUT2D eigenvalue weighted by Crippen LogP contribution is -2.38. The van der Waals surface area contributed by atoms with Gasteiger partial charge >= 0.3 is 5.97 Å². The molecule has 2 aliphatic rings. The summed E-state index contributed by atoms with van der Waals surface area (Å²) >= 11 is 6.05. The Bertz CT molecular complexity index is 479. The Morgan fingerprint density at radius 2 is 1.95 bits per heavy atom. The molecule has 1 aromatic carbocycles. The van der Waals surface area contributed by atoms with Crippen molar-refractivity contribution in [2.24, 2.45) is 5.92 Å². The Kier molecular flexibility index (Phi) is 4.27. The van der Waals surface area contributed by atoms with E-state index >= 15 is 0 Å². The number of rotatable bonds is 4. The average Bonchev–Trinajstić information content (AvgIpc) is 2.77.